The summed E-state index contributed by atoms with van der Waals surface area (Å²) in [6.45, 7) is 10.4. The second kappa shape index (κ2) is 13.0. The van der Waals surface area contributed by atoms with Crippen molar-refractivity contribution in [2.45, 2.75) is 70.6 Å². The third kappa shape index (κ3) is 7.23. The Morgan fingerprint density at radius 1 is 1.05 bits per heavy atom. The monoisotopic (exact) mass is 595 g/mol. The lowest BCUT2D eigenvalue weighted by atomic mass is 10.0. The van der Waals surface area contributed by atoms with Crippen LogP contribution >= 0.6 is 11.3 Å². The van der Waals surface area contributed by atoms with E-state index in [1.54, 1.807) is 24.3 Å². The fourth-order valence-corrected chi connectivity index (χ4v) is 7.46. The summed E-state index contributed by atoms with van der Waals surface area (Å²) in [5.74, 6) is 1.14. The van der Waals surface area contributed by atoms with E-state index in [1.165, 1.54) is 0 Å². The van der Waals surface area contributed by atoms with Crippen LogP contribution in [0.25, 0.3) is 22.2 Å². The van der Waals surface area contributed by atoms with Crippen molar-refractivity contribution in [2.75, 3.05) is 6.61 Å². The van der Waals surface area contributed by atoms with Crippen molar-refractivity contribution in [3.05, 3.63) is 70.9 Å². The molecule has 10 heteroatoms. The van der Waals surface area contributed by atoms with Gasteiger partial charge >= 0.3 is 6.09 Å². The van der Waals surface area contributed by atoms with Crippen molar-refractivity contribution < 1.29 is 22.7 Å². The number of Topliss-reactive ketones (excluding diaryl/α,β-unsaturated/α-hetero) is 1. The van der Waals surface area contributed by atoms with Crippen LogP contribution in [0, 0.1) is 5.92 Å². The van der Waals surface area contributed by atoms with Crippen molar-refractivity contribution in [3.8, 4) is 11.1 Å². The number of nitrogens with zero attached hydrogens (tertiary/aromatic N) is 2. The van der Waals surface area contributed by atoms with Gasteiger partial charge in [0.05, 0.1) is 24.2 Å². The molecule has 0 aliphatic heterocycles. The quantitative estimate of drug-likeness (QED) is 0.137. The highest BCUT2D eigenvalue weighted by atomic mass is 32.2. The van der Waals surface area contributed by atoms with Gasteiger partial charge in [-0.25, -0.2) is 22.9 Å². The SMILES string of the molecule is CCCCOC(=O)NS(=O)(=O)c1sc(CC(C)C)cc1-c1cccc(C(=O)Cn2c(C(C)C)nc3ccccc32)c1. The van der Waals surface area contributed by atoms with E-state index >= 15 is 0 Å². The van der Waals surface area contributed by atoms with Gasteiger partial charge in [-0.2, -0.15) is 0 Å². The minimum atomic E-state index is -4.21. The van der Waals surface area contributed by atoms with E-state index in [2.05, 4.69) is 18.6 Å². The number of carbonyl (C=O) groups excluding carboxylic acids is 2. The molecule has 0 atom stereocenters. The Morgan fingerprint density at radius 3 is 2.51 bits per heavy atom. The lowest BCUT2D eigenvalue weighted by Gasteiger charge is -2.12. The van der Waals surface area contributed by atoms with Gasteiger partial charge in [0, 0.05) is 21.9 Å². The lowest BCUT2D eigenvalue weighted by molar-refractivity contribution is 0.0972. The zero-order chi connectivity index (χ0) is 29.7. The molecule has 2 aromatic carbocycles. The Bertz CT molecular complexity index is 1650. The molecule has 0 saturated carbocycles. The minimum Gasteiger partial charge on any atom is -0.449 e. The van der Waals surface area contributed by atoms with Crippen molar-refractivity contribution >= 4 is 44.3 Å². The first kappa shape index (κ1) is 30.5. The van der Waals surface area contributed by atoms with Crippen LogP contribution in [0.4, 0.5) is 4.79 Å². The standard InChI is InChI=1S/C31H37N3O5S2/c1-6-7-15-39-31(36)33-41(37,38)30-25(18-24(40-30)16-20(2)3)22-11-10-12-23(17-22)28(35)19-34-27-14-9-8-13-26(27)32-29(34)21(4)5/h8-14,17-18,20-21H,6-7,15-16,19H2,1-5H3,(H,33,36). The van der Waals surface area contributed by atoms with E-state index in [-0.39, 0.29) is 29.1 Å². The van der Waals surface area contributed by atoms with Crippen LogP contribution in [0.15, 0.2) is 58.8 Å². The number of sulfonamides is 1. The summed E-state index contributed by atoms with van der Waals surface area (Å²) >= 11 is 1.13. The number of rotatable bonds is 12. The molecular weight excluding hydrogens is 558 g/mol. The molecule has 0 radical (unpaired) electrons. The van der Waals surface area contributed by atoms with Crippen LogP contribution < -0.4 is 4.72 Å². The van der Waals surface area contributed by atoms with Crippen LogP contribution in [0.1, 0.15) is 74.4 Å². The first-order chi connectivity index (χ1) is 19.5. The van der Waals surface area contributed by atoms with E-state index in [9.17, 15) is 18.0 Å². The summed E-state index contributed by atoms with van der Waals surface area (Å²) < 4.78 is 35.8. The Morgan fingerprint density at radius 2 is 1.80 bits per heavy atom. The number of hydrogen-bond acceptors (Lipinski definition) is 7. The van der Waals surface area contributed by atoms with Gasteiger partial charge in [-0.15, -0.1) is 11.3 Å². The summed E-state index contributed by atoms with van der Waals surface area (Å²) in [5.41, 5.74) is 3.22. The Kier molecular flexibility index (Phi) is 9.65. The summed E-state index contributed by atoms with van der Waals surface area (Å²) in [7, 11) is -4.21. The number of amides is 1. The topological polar surface area (TPSA) is 107 Å². The lowest BCUT2D eigenvalue weighted by Crippen LogP contribution is -2.31. The van der Waals surface area contributed by atoms with E-state index in [4.69, 9.17) is 9.72 Å². The van der Waals surface area contributed by atoms with Crippen molar-refractivity contribution in [1.82, 2.24) is 14.3 Å². The van der Waals surface area contributed by atoms with Gasteiger partial charge in [0.25, 0.3) is 10.0 Å². The number of hydrogen-bond donors (Lipinski definition) is 1. The predicted molar refractivity (Wildman–Crippen MR) is 163 cm³/mol. The maximum Gasteiger partial charge on any atom is 0.421 e. The van der Waals surface area contributed by atoms with E-state index in [0.717, 1.165) is 39.5 Å². The van der Waals surface area contributed by atoms with Crippen molar-refractivity contribution in [3.63, 3.8) is 0 Å². The van der Waals surface area contributed by atoms with Crippen molar-refractivity contribution in [2.24, 2.45) is 5.92 Å². The van der Waals surface area contributed by atoms with Gasteiger partial charge in [0.15, 0.2) is 5.78 Å². The number of aromatic nitrogens is 2. The fraction of sp³-hybridized carbons (Fsp3) is 0.387. The number of benzene rings is 2. The number of imidazole rings is 1. The Balaban J connectivity index is 1.68. The molecule has 0 aliphatic carbocycles. The molecule has 218 valence electrons. The van der Waals surface area contributed by atoms with E-state index in [0.29, 0.717) is 35.4 Å². The number of nitrogens with one attached hydrogen (secondary N) is 1. The molecule has 0 unspecified atom stereocenters. The predicted octanol–water partition coefficient (Wildman–Crippen LogP) is 7.18. The molecule has 2 heterocycles. The summed E-state index contributed by atoms with van der Waals surface area (Å²) in [5, 5.41) is 0. The van der Waals surface area contributed by atoms with Crippen LogP contribution in [-0.2, 0) is 27.7 Å². The number of unbranched alkanes of at least 4 members (excludes halogenated alkanes) is 1. The first-order valence-electron chi connectivity index (χ1n) is 13.9. The van der Waals surface area contributed by atoms with Crippen LogP contribution in [0.3, 0.4) is 0 Å². The normalized spacial score (nSPS) is 11.9. The minimum absolute atomic E-state index is 0.0212. The molecule has 41 heavy (non-hydrogen) atoms. The molecule has 4 rings (SSSR count). The number of thiophene rings is 1. The third-order valence-electron chi connectivity index (χ3n) is 6.55. The fourth-order valence-electron chi connectivity index (χ4n) is 4.62. The number of para-hydroxylation sites is 2. The molecule has 0 fully saturated rings. The number of ketones is 1. The molecular formula is C31H37N3O5S2. The molecule has 1 N–H and O–H groups in total. The number of ether oxygens (including phenoxy) is 1. The highest BCUT2D eigenvalue weighted by Crippen LogP contribution is 2.37. The second-order valence-electron chi connectivity index (χ2n) is 10.8. The van der Waals surface area contributed by atoms with Gasteiger partial charge < -0.3 is 9.30 Å². The average Bonchev–Trinajstić information content (AvgIpc) is 3.51. The molecule has 1 amide bonds. The van der Waals surface area contributed by atoms with Gasteiger partial charge in [-0.1, -0.05) is 71.4 Å². The Labute approximate surface area is 245 Å². The highest BCUT2D eigenvalue weighted by Gasteiger charge is 2.27. The largest absolute Gasteiger partial charge is 0.449 e. The van der Waals surface area contributed by atoms with Crippen LogP contribution in [0.2, 0.25) is 0 Å². The molecule has 0 saturated heterocycles. The van der Waals surface area contributed by atoms with Crippen LogP contribution in [-0.4, -0.2) is 36.5 Å². The zero-order valence-electron chi connectivity index (χ0n) is 24.1. The van der Waals surface area contributed by atoms with E-state index in [1.807, 2.05) is 55.7 Å². The maximum atomic E-state index is 13.6. The second-order valence-corrected chi connectivity index (χ2v) is 13.8. The summed E-state index contributed by atoms with van der Waals surface area (Å²) in [4.78, 5) is 31.4. The number of fused-ring (bicyclic) bond motifs is 1. The number of carbonyl (C=O) groups is 2. The molecule has 2 aromatic heterocycles. The van der Waals surface area contributed by atoms with Gasteiger partial charge in [0.2, 0.25) is 0 Å². The van der Waals surface area contributed by atoms with Gasteiger partial charge in [-0.3, -0.25) is 4.79 Å². The molecule has 4 aromatic rings. The molecule has 8 nitrogen and oxygen atoms in total. The Hall–Kier alpha value is -3.50. The molecule has 0 bridgehead atoms. The smallest absolute Gasteiger partial charge is 0.421 e. The van der Waals surface area contributed by atoms with Crippen molar-refractivity contribution in [1.29, 1.82) is 0 Å². The molecule has 0 spiro atoms. The summed E-state index contributed by atoms with van der Waals surface area (Å²) in [6, 6.07) is 16.6. The van der Waals surface area contributed by atoms with E-state index < -0.39 is 16.1 Å². The third-order valence-corrected chi connectivity index (χ3v) is 9.55. The highest BCUT2D eigenvalue weighted by molar-refractivity contribution is 7.92. The molecule has 0 aliphatic rings. The summed E-state index contributed by atoms with van der Waals surface area (Å²) in [6.07, 6.45) is 1.14. The van der Waals surface area contributed by atoms with Gasteiger partial charge in [0.1, 0.15) is 10.0 Å². The first-order valence-corrected chi connectivity index (χ1v) is 16.2. The van der Waals surface area contributed by atoms with Gasteiger partial charge in [-0.05, 0) is 48.6 Å². The maximum absolute atomic E-state index is 13.6. The zero-order valence-corrected chi connectivity index (χ0v) is 25.8. The average molecular weight is 596 g/mol. The van der Waals surface area contributed by atoms with Crippen LogP contribution in [0.5, 0.6) is 0 Å².